The molecule has 0 saturated heterocycles. The van der Waals surface area contributed by atoms with Crippen molar-refractivity contribution in [3.8, 4) is 11.5 Å². The average Bonchev–Trinajstić information content (AvgIpc) is 3.49. The van der Waals surface area contributed by atoms with E-state index < -0.39 is 8.07 Å². The molecule has 0 N–H and O–H groups in total. The summed E-state index contributed by atoms with van der Waals surface area (Å²) in [6, 6.07) is 19.0. The number of nitrogens with zero attached hydrogens (tertiary/aromatic N) is 5. The van der Waals surface area contributed by atoms with Gasteiger partial charge in [-0.2, -0.15) is 0 Å². The first-order valence-electron chi connectivity index (χ1n) is 12.1. The molecule has 0 aliphatic carbocycles. The van der Waals surface area contributed by atoms with Crippen LogP contribution in [0.1, 0.15) is 5.69 Å². The van der Waals surface area contributed by atoms with Crippen LogP contribution in [-0.4, -0.2) is 40.6 Å². The van der Waals surface area contributed by atoms with E-state index in [-0.39, 0.29) is 0 Å². The minimum Gasteiger partial charge on any atom is -0.456 e. The summed E-state index contributed by atoms with van der Waals surface area (Å²) in [4.78, 5) is 15.0. The Bertz CT molecular complexity index is 1670. The van der Waals surface area contributed by atoms with Gasteiger partial charge in [0, 0.05) is 54.1 Å². The molecule has 0 saturated carbocycles. The van der Waals surface area contributed by atoms with Gasteiger partial charge in [0.1, 0.15) is 25.2 Å². The van der Waals surface area contributed by atoms with Crippen LogP contribution >= 0.6 is 0 Å². The Hall–Kier alpha value is -3.84. The minimum atomic E-state index is -1.83. The van der Waals surface area contributed by atoms with Gasteiger partial charge < -0.3 is 14.5 Å². The Morgan fingerprint density at radius 2 is 1.80 bits per heavy atom. The second-order valence-corrected chi connectivity index (χ2v) is 15.5. The van der Waals surface area contributed by atoms with Crippen molar-refractivity contribution in [1.29, 1.82) is 0 Å². The summed E-state index contributed by atoms with van der Waals surface area (Å²) in [5.41, 5.74) is 5.29. The Morgan fingerprint density at radius 1 is 0.914 bits per heavy atom. The summed E-state index contributed by atoms with van der Waals surface area (Å²) in [5, 5.41) is 3.25. The van der Waals surface area contributed by atoms with E-state index in [0.717, 1.165) is 75.3 Å². The van der Waals surface area contributed by atoms with Gasteiger partial charge in [0.15, 0.2) is 0 Å². The number of para-hydroxylation sites is 1. The fraction of sp³-hybridized carbons (Fsp3) is 0.214. The molecule has 0 fully saturated rings. The highest BCUT2D eigenvalue weighted by atomic mass is 28.3. The molecule has 2 aliphatic rings. The van der Waals surface area contributed by atoms with Crippen LogP contribution in [0.25, 0.3) is 27.5 Å². The number of hydrogen-bond donors (Lipinski definition) is 0. The second-order valence-electron chi connectivity index (χ2n) is 10.5. The van der Waals surface area contributed by atoms with Crippen LogP contribution in [0.5, 0.6) is 11.5 Å². The SMILES string of the molecule is C[Si](C)(C)c1nc2c3ccccc3n3cc4nc3c2cc1Oc1cccc(c1)N1C=CN(CC4)C1. The van der Waals surface area contributed by atoms with Crippen molar-refractivity contribution in [1.82, 2.24) is 19.3 Å². The number of hydrogen-bond acceptors (Lipinski definition) is 5. The molecule has 5 aromatic rings. The number of benzene rings is 2. The molecule has 0 radical (unpaired) electrons. The van der Waals surface area contributed by atoms with E-state index in [2.05, 4.69) is 101 Å². The summed E-state index contributed by atoms with van der Waals surface area (Å²) >= 11 is 0. The van der Waals surface area contributed by atoms with Crippen molar-refractivity contribution in [3.63, 3.8) is 0 Å². The van der Waals surface area contributed by atoms with E-state index in [9.17, 15) is 0 Å². The van der Waals surface area contributed by atoms with Crippen LogP contribution in [-0.2, 0) is 6.42 Å². The molecule has 3 aromatic heterocycles. The van der Waals surface area contributed by atoms with Gasteiger partial charge in [-0.25, -0.2) is 4.98 Å². The molecule has 5 heterocycles. The van der Waals surface area contributed by atoms with Crippen LogP contribution in [0.3, 0.4) is 0 Å². The van der Waals surface area contributed by atoms with E-state index >= 15 is 0 Å². The minimum absolute atomic E-state index is 0.819. The van der Waals surface area contributed by atoms with Crippen LogP contribution in [0.15, 0.2) is 73.2 Å². The summed E-state index contributed by atoms with van der Waals surface area (Å²) in [6.07, 6.45) is 7.37. The van der Waals surface area contributed by atoms with E-state index in [1.807, 2.05) is 6.07 Å². The van der Waals surface area contributed by atoms with E-state index in [0.29, 0.717) is 0 Å². The zero-order valence-electron chi connectivity index (χ0n) is 20.2. The predicted molar refractivity (Wildman–Crippen MR) is 144 cm³/mol. The molecule has 0 unspecified atom stereocenters. The average molecular weight is 478 g/mol. The van der Waals surface area contributed by atoms with E-state index in [1.165, 1.54) is 0 Å². The molecule has 174 valence electrons. The van der Waals surface area contributed by atoms with Crippen LogP contribution in [0.2, 0.25) is 19.6 Å². The lowest BCUT2D eigenvalue weighted by atomic mass is 10.1. The van der Waals surface area contributed by atoms with Gasteiger partial charge in [0.05, 0.1) is 28.7 Å². The van der Waals surface area contributed by atoms with Gasteiger partial charge in [-0.05, 0) is 24.3 Å². The molecule has 0 atom stereocenters. The summed E-state index contributed by atoms with van der Waals surface area (Å²) in [6.45, 7) is 8.70. The molecule has 7 rings (SSSR count). The summed E-state index contributed by atoms with van der Waals surface area (Å²) in [5.74, 6) is 1.66. The molecule has 7 heteroatoms. The first-order chi connectivity index (χ1) is 16.9. The van der Waals surface area contributed by atoms with Crippen molar-refractivity contribution in [2.75, 3.05) is 18.1 Å². The Morgan fingerprint density at radius 3 is 2.69 bits per heavy atom. The van der Waals surface area contributed by atoms with Crippen molar-refractivity contribution in [2.24, 2.45) is 0 Å². The lowest BCUT2D eigenvalue weighted by Crippen LogP contribution is -2.41. The Kier molecular flexibility index (Phi) is 4.30. The molecule has 8 bridgehead atoms. The summed E-state index contributed by atoms with van der Waals surface area (Å²) < 4.78 is 8.85. The standard InChI is InChI=1S/C28H27N5OSi/c1-35(2,3)28-25-16-23-26(30-28)22-9-4-5-10-24(22)33-17-19(29-27(23)33)11-12-31-13-14-32(18-31)20-7-6-8-21(15-20)34-25/h4-10,13-17H,11-12,18H2,1-3H3. The number of rotatable bonds is 1. The van der Waals surface area contributed by atoms with Crippen LogP contribution in [0.4, 0.5) is 5.69 Å². The van der Waals surface area contributed by atoms with Crippen molar-refractivity contribution in [2.45, 2.75) is 26.1 Å². The molecule has 35 heavy (non-hydrogen) atoms. The van der Waals surface area contributed by atoms with Gasteiger partial charge >= 0.3 is 0 Å². The lowest BCUT2D eigenvalue weighted by molar-refractivity contribution is 0.409. The molecule has 0 spiro atoms. The lowest BCUT2D eigenvalue weighted by Gasteiger charge is -2.23. The molecular weight excluding hydrogens is 450 g/mol. The fourth-order valence-electron chi connectivity index (χ4n) is 5.18. The number of pyridine rings is 2. The maximum atomic E-state index is 6.63. The van der Waals surface area contributed by atoms with Gasteiger partial charge in [-0.15, -0.1) is 0 Å². The zero-order chi connectivity index (χ0) is 23.7. The van der Waals surface area contributed by atoms with Gasteiger partial charge in [0.2, 0.25) is 0 Å². The molecule has 2 aliphatic heterocycles. The predicted octanol–water partition coefficient (Wildman–Crippen LogP) is 5.48. The first kappa shape index (κ1) is 20.5. The van der Waals surface area contributed by atoms with Crippen molar-refractivity contribution < 1.29 is 4.74 Å². The number of anilines is 1. The zero-order valence-corrected chi connectivity index (χ0v) is 21.2. The Labute approximate surface area is 205 Å². The van der Waals surface area contributed by atoms with Gasteiger partial charge in [0.25, 0.3) is 0 Å². The maximum Gasteiger partial charge on any atom is 0.147 e. The van der Waals surface area contributed by atoms with Crippen molar-refractivity contribution >= 4 is 46.5 Å². The van der Waals surface area contributed by atoms with Crippen molar-refractivity contribution in [3.05, 3.63) is 78.9 Å². The largest absolute Gasteiger partial charge is 0.456 e. The van der Waals surface area contributed by atoms with Crippen LogP contribution < -0.4 is 15.0 Å². The maximum absolute atomic E-state index is 6.63. The van der Waals surface area contributed by atoms with E-state index in [1.54, 1.807) is 0 Å². The third kappa shape index (κ3) is 3.30. The molecule has 2 aromatic carbocycles. The number of ether oxygens (including phenoxy) is 1. The van der Waals surface area contributed by atoms with Gasteiger partial charge in [-0.1, -0.05) is 43.9 Å². The van der Waals surface area contributed by atoms with E-state index in [4.69, 9.17) is 14.7 Å². The molecule has 0 amide bonds. The Balaban J connectivity index is 1.57. The first-order valence-corrected chi connectivity index (χ1v) is 15.6. The summed E-state index contributed by atoms with van der Waals surface area (Å²) in [7, 11) is -1.83. The molecule has 6 nitrogen and oxygen atoms in total. The quantitative estimate of drug-likeness (QED) is 0.236. The topological polar surface area (TPSA) is 45.9 Å². The third-order valence-corrected chi connectivity index (χ3v) is 8.72. The number of fused-ring (bicyclic) bond motifs is 10. The van der Waals surface area contributed by atoms with Crippen LogP contribution in [0, 0.1) is 0 Å². The monoisotopic (exact) mass is 477 g/mol. The molecular formula is C28H27N5OSi. The fourth-order valence-corrected chi connectivity index (χ4v) is 6.49. The second kappa shape index (κ2) is 7.33. The highest BCUT2D eigenvalue weighted by molar-refractivity contribution is 6.88. The van der Waals surface area contributed by atoms with Gasteiger partial charge in [-0.3, -0.25) is 9.38 Å². The number of imidazole rings is 1. The third-order valence-electron chi connectivity index (χ3n) is 6.94. The highest BCUT2D eigenvalue weighted by Gasteiger charge is 2.27. The normalized spacial score (nSPS) is 15.5. The smallest absolute Gasteiger partial charge is 0.147 e. The number of aromatic nitrogens is 3. The highest BCUT2D eigenvalue weighted by Crippen LogP contribution is 2.34.